The largest absolute Gasteiger partial charge is 0.493 e. The van der Waals surface area contributed by atoms with Crippen LogP contribution in [0.4, 0.5) is 0 Å². The minimum atomic E-state index is 0.755. The summed E-state index contributed by atoms with van der Waals surface area (Å²) in [5.74, 6) is 1.52. The highest BCUT2D eigenvalue weighted by atomic mass is 32.2. The number of methoxy groups -OCH3 is 2. The molecule has 5 nitrogen and oxygen atoms in total. The van der Waals surface area contributed by atoms with Crippen LogP contribution < -0.4 is 14.8 Å². The Kier molecular flexibility index (Phi) is 6.48. The van der Waals surface area contributed by atoms with Gasteiger partial charge in [0.15, 0.2) is 16.7 Å². The van der Waals surface area contributed by atoms with E-state index in [1.54, 1.807) is 26.0 Å². The number of rotatable bonds is 8. The Morgan fingerprint density at radius 3 is 2.41 bits per heavy atom. The van der Waals surface area contributed by atoms with E-state index < -0.39 is 0 Å². The second-order valence-corrected chi connectivity index (χ2v) is 5.47. The Morgan fingerprint density at radius 2 is 1.77 bits per heavy atom. The van der Waals surface area contributed by atoms with Crippen molar-refractivity contribution in [2.24, 2.45) is 0 Å². The summed E-state index contributed by atoms with van der Waals surface area (Å²) in [6, 6.07) is 6.00. The Balaban J connectivity index is 1.80. The number of ether oxygens (including phenoxy) is 2. The highest BCUT2D eigenvalue weighted by Gasteiger charge is 2.04. The van der Waals surface area contributed by atoms with Gasteiger partial charge in [0.05, 0.1) is 14.2 Å². The zero-order valence-electron chi connectivity index (χ0n) is 13.1. The summed E-state index contributed by atoms with van der Waals surface area (Å²) in [5.41, 5.74) is 2.30. The minimum absolute atomic E-state index is 0.755. The smallest absolute Gasteiger partial charge is 0.187 e. The molecule has 0 amide bonds. The summed E-state index contributed by atoms with van der Waals surface area (Å²) in [6.07, 6.45) is 6.62. The number of nitrogens with zero attached hydrogens (tertiary/aromatic N) is 2. The fraction of sp³-hybridized carbons (Fsp3) is 0.375. The van der Waals surface area contributed by atoms with Crippen LogP contribution >= 0.6 is 11.8 Å². The number of thioether (sulfide) groups is 1. The average Bonchev–Trinajstić information content (AvgIpc) is 2.59. The Hall–Kier alpha value is -1.79. The first-order valence-corrected chi connectivity index (χ1v) is 8.26. The summed E-state index contributed by atoms with van der Waals surface area (Å²) in [4.78, 5) is 8.51. The zero-order valence-corrected chi connectivity index (χ0v) is 13.9. The molecule has 0 aliphatic heterocycles. The van der Waals surface area contributed by atoms with Crippen molar-refractivity contribution >= 4 is 11.8 Å². The first-order chi connectivity index (χ1) is 10.8. The van der Waals surface area contributed by atoms with Crippen LogP contribution in [-0.2, 0) is 13.0 Å². The molecule has 2 aromatic rings. The average molecular weight is 319 g/mol. The van der Waals surface area contributed by atoms with Gasteiger partial charge in [0.25, 0.3) is 0 Å². The normalized spacial score (nSPS) is 10.5. The molecule has 1 N–H and O–H groups in total. The van der Waals surface area contributed by atoms with Crippen molar-refractivity contribution in [1.29, 1.82) is 0 Å². The van der Waals surface area contributed by atoms with Gasteiger partial charge in [-0.2, -0.15) is 0 Å². The fourth-order valence-electron chi connectivity index (χ4n) is 2.04. The molecule has 0 saturated heterocycles. The molecule has 22 heavy (non-hydrogen) atoms. The second kappa shape index (κ2) is 8.60. The van der Waals surface area contributed by atoms with Crippen molar-refractivity contribution < 1.29 is 9.47 Å². The Labute approximate surface area is 135 Å². The molecule has 1 heterocycles. The maximum absolute atomic E-state index is 5.31. The lowest BCUT2D eigenvalue weighted by atomic mass is 10.1. The van der Waals surface area contributed by atoms with Gasteiger partial charge in [-0.05, 0) is 36.9 Å². The van der Waals surface area contributed by atoms with Crippen molar-refractivity contribution in [3.05, 3.63) is 41.7 Å². The van der Waals surface area contributed by atoms with E-state index in [-0.39, 0.29) is 0 Å². The van der Waals surface area contributed by atoms with Crippen molar-refractivity contribution in [2.75, 3.05) is 27.0 Å². The number of aromatic nitrogens is 2. The molecule has 0 fully saturated rings. The number of benzene rings is 1. The molecule has 6 heteroatoms. The van der Waals surface area contributed by atoms with Crippen molar-refractivity contribution in [1.82, 2.24) is 15.3 Å². The highest BCUT2D eigenvalue weighted by Crippen LogP contribution is 2.27. The van der Waals surface area contributed by atoms with Gasteiger partial charge in [0.2, 0.25) is 0 Å². The Morgan fingerprint density at radius 1 is 1.05 bits per heavy atom. The lowest BCUT2D eigenvalue weighted by molar-refractivity contribution is 0.354. The van der Waals surface area contributed by atoms with E-state index in [0.29, 0.717) is 0 Å². The fourth-order valence-corrected chi connectivity index (χ4v) is 2.36. The molecule has 0 atom stereocenters. The molecule has 118 valence electrons. The van der Waals surface area contributed by atoms with Gasteiger partial charge in [-0.25, -0.2) is 9.97 Å². The van der Waals surface area contributed by atoms with Crippen LogP contribution in [0.15, 0.2) is 35.7 Å². The van der Waals surface area contributed by atoms with Gasteiger partial charge in [-0.3, -0.25) is 0 Å². The molecule has 0 saturated carbocycles. The van der Waals surface area contributed by atoms with E-state index in [1.807, 2.05) is 30.8 Å². The molecule has 0 radical (unpaired) electrons. The van der Waals surface area contributed by atoms with Crippen LogP contribution in [0, 0.1) is 0 Å². The Bertz CT molecular complexity index is 590. The number of nitrogens with one attached hydrogen (secondary N) is 1. The lowest BCUT2D eigenvalue weighted by Crippen LogP contribution is -2.17. The third-order valence-corrected chi connectivity index (χ3v) is 3.81. The summed E-state index contributed by atoms with van der Waals surface area (Å²) in [5, 5.41) is 4.19. The van der Waals surface area contributed by atoms with E-state index in [1.165, 1.54) is 5.56 Å². The molecule has 0 aliphatic rings. The first-order valence-electron chi connectivity index (χ1n) is 7.03. The number of hydrogen-bond donors (Lipinski definition) is 1. The van der Waals surface area contributed by atoms with E-state index >= 15 is 0 Å². The lowest BCUT2D eigenvalue weighted by Gasteiger charge is -2.10. The third kappa shape index (κ3) is 4.61. The van der Waals surface area contributed by atoms with Gasteiger partial charge in [0, 0.05) is 24.5 Å². The van der Waals surface area contributed by atoms with Crippen LogP contribution in [0.1, 0.15) is 11.1 Å². The molecule has 0 aliphatic carbocycles. The molecule has 1 aromatic carbocycles. The molecular formula is C16H21N3O2S. The summed E-state index contributed by atoms with van der Waals surface area (Å²) in [6.45, 7) is 1.64. The standard InChI is InChI=1S/C16H21N3O2S/c1-20-14-5-4-12(8-15(14)21-2)6-7-17-9-13-10-18-16(22-3)19-11-13/h4-5,8,10-11,17H,6-7,9H2,1-3H3. The minimum Gasteiger partial charge on any atom is -0.493 e. The summed E-state index contributed by atoms with van der Waals surface area (Å²) >= 11 is 1.54. The second-order valence-electron chi connectivity index (χ2n) is 4.69. The van der Waals surface area contributed by atoms with E-state index in [4.69, 9.17) is 9.47 Å². The van der Waals surface area contributed by atoms with Gasteiger partial charge in [-0.1, -0.05) is 17.8 Å². The molecule has 1 aromatic heterocycles. The van der Waals surface area contributed by atoms with Crippen LogP contribution in [0.3, 0.4) is 0 Å². The number of hydrogen-bond acceptors (Lipinski definition) is 6. The molecule has 2 rings (SSSR count). The topological polar surface area (TPSA) is 56.3 Å². The van der Waals surface area contributed by atoms with Crippen molar-refractivity contribution in [3.8, 4) is 11.5 Å². The van der Waals surface area contributed by atoms with Crippen molar-refractivity contribution in [3.63, 3.8) is 0 Å². The van der Waals surface area contributed by atoms with Gasteiger partial charge in [0.1, 0.15) is 0 Å². The van der Waals surface area contributed by atoms with E-state index in [2.05, 4.69) is 21.4 Å². The summed E-state index contributed by atoms with van der Waals surface area (Å²) in [7, 11) is 3.29. The van der Waals surface area contributed by atoms with Crippen LogP contribution in [-0.4, -0.2) is 37.0 Å². The predicted octanol–water partition coefficient (Wildman–Crippen LogP) is 2.55. The molecular weight excluding hydrogens is 298 g/mol. The monoisotopic (exact) mass is 319 g/mol. The molecule has 0 bridgehead atoms. The maximum atomic E-state index is 5.31. The van der Waals surface area contributed by atoms with Gasteiger partial charge < -0.3 is 14.8 Å². The van der Waals surface area contributed by atoms with E-state index in [0.717, 1.165) is 41.7 Å². The molecule has 0 spiro atoms. The van der Waals surface area contributed by atoms with Crippen molar-refractivity contribution in [2.45, 2.75) is 18.1 Å². The quantitative estimate of drug-likeness (QED) is 0.458. The van der Waals surface area contributed by atoms with Gasteiger partial charge in [-0.15, -0.1) is 0 Å². The van der Waals surface area contributed by atoms with Crippen LogP contribution in [0.5, 0.6) is 11.5 Å². The molecule has 0 unspecified atom stereocenters. The van der Waals surface area contributed by atoms with Crippen LogP contribution in [0.2, 0.25) is 0 Å². The summed E-state index contributed by atoms with van der Waals surface area (Å²) < 4.78 is 10.5. The van der Waals surface area contributed by atoms with E-state index in [9.17, 15) is 0 Å². The SMILES string of the molecule is COc1ccc(CCNCc2cnc(SC)nc2)cc1OC. The highest BCUT2D eigenvalue weighted by molar-refractivity contribution is 7.98. The third-order valence-electron chi connectivity index (χ3n) is 3.23. The van der Waals surface area contributed by atoms with Crippen LogP contribution in [0.25, 0.3) is 0 Å². The maximum Gasteiger partial charge on any atom is 0.187 e. The first kappa shape index (κ1) is 16.6. The predicted molar refractivity (Wildman–Crippen MR) is 88.8 cm³/mol. The zero-order chi connectivity index (χ0) is 15.8. The van der Waals surface area contributed by atoms with Gasteiger partial charge >= 0.3 is 0 Å².